The molecule has 72 valence electrons. The van der Waals surface area contributed by atoms with Crippen molar-refractivity contribution in [2.45, 2.75) is 0 Å². The zero-order chi connectivity index (χ0) is 10.4. The van der Waals surface area contributed by atoms with Crippen LogP contribution in [0.25, 0.3) is 0 Å². The Kier molecular flexibility index (Phi) is 10.2. The maximum atomic E-state index is 8.25. The van der Waals surface area contributed by atoms with Gasteiger partial charge in [0.15, 0.2) is 0 Å². The average molecular weight is 265 g/mol. The van der Waals surface area contributed by atoms with Crippen LogP contribution in [0.3, 0.4) is 0 Å². The number of nitrogens with zero attached hydrogens (tertiary/aromatic N) is 1. The van der Waals surface area contributed by atoms with Crippen LogP contribution in [0.1, 0.15) is 0 Å². The quantitative estimate of drug-likeness (QED) is 0.334. The Morgan fingerprint density at radius 1 is 1.43 bits per heavy atom. The second-order valence-corrected chi connectivity index (χ2v) is 2.86. The number of hydrogen-bond acceptors (Lipinski definition) is 4. The monoisotopic (exact) mass is 264 g/mol. The number of aromatic nitrogens is 1. The van der Waals surface area contributed by atoms with Crippen LogP contribution in [0.4, 0.5) is 5.69 Å². The zero-order valence-electron chi connectivity index (χ0n) is 7.13. The number of hydrogen-bond donors (Lipinski definition) is 1. The number of nitrogen functional groups attached to an aromatic ring is 1. The molecule has 8 heteroatoms. The first kappa shape index (κ1) is 16.7. The number of anilines is 1. The Hall–Kier alpha value is 0.290. The summed E-state index contributed by atoms with van der Waals surface area (Å²) >= 11 is 16.6. The normalized spacial score (nSPS) is 7.93. The van der Waals surface area contributed by atoms with E-state index in [2.05, 4.69) is 4.98 Å². The van der Waals surface area contributed by atoms with Crippen molar-refractivity contribution in [1.29, 1.82) is 0 Å². The fourth-order valence-electron chi connectivity index (χ4n) is 0.456. The van der Waals surface area contributed by atoms with Gasteiger partial charge in [-0.2, -0.15) is 0 Å². The van der Waals surface area contributed by atoms with Gasteiger partial charge >= 0.3 is 29.6 Å². The van der Waals surface area contributed by atoms with Crippen molar-refractivity contribution in [3.05, 3.63) is 21.4 Å². The van der Waals surface area contributed by atoms with Gasteiger partial charge < -0.3 is 15.6 Å². The molecule has 0 saturated carbocycles. The third-order valence-corrected chi connectivity index (χ3v) is 2.03. The Balaban J connectivity index is 0. The summed E-state index contributed by atoms with van der Waals surface area (Å²) in [5, 5.41) is 8.94. The van der Waals surface area contributed by atoms with Crippen LogP contribution in [0.2, 0.25) is 15.2 Å². The van der Waals surface area contributed by atoms with Gasteiger partial charge in [-0.3, -0.25) is 0 Å². The molecule has 0 aliphatic rings. The predicted octanol–water partition coefficient (Wildman–Crippen LogP) is -2.01. The molecule has 0 fully saturated rings. The molecule has 0 radical (unpaired) electrons. The summed E-state index contributed by atoms with van der Waals surface area (Å²) in [6, 6.07) is 0. The van der Waals surface area contributed by atoms with Crippen molar-refractivity contribution >= 4 is 47.0 Å². The second kappa shape index (κ2) is 8.59. The predicted molar refractivity (Wildman–Crippen MR) is 49.7 cm³/mol. The number of halogens is 3. The minimum atomic E-state index is -0.500. The van der Waals surface area contributed by atoms with E-state index in [0.717, 1.165) is 0 Å². The van der Waals surface area contributed by atoms with E-state index in [1.807, 2.05) is 0 Å². The van der Waals surface area contributed by atoms with Crippen LogP contribution in [-0.2, 0) is 4.79 Å². The molecule has 14 heavy (non-hydrogen) atoms. The van der Waals surface area contributed by atoms with E-state index >= 15 is 0 Å². The molecular formula is C6H4Cl3N2NaO2. The van der Waals surface area contributed by atoms with E-state index in [9.17, 15) is 0 Å². The summed E-state index contributed by atoms with van der Waals surface area (Å²) in [4.78, 5) is 11.9. The second-order valence-electron chi connectivity index (χ2n) is 1.72. The maximum Gasteiger partial charge on any atom is 1.00 e. The molecular weight excluding hydrogens is 261 g/mol. The molecule has 0 amide bonds. The van der Waals surface area contributed by atoms with Gasteiger partial charge in [-0.25, -0.2) is 4.98 Å². The Bertz CT molecular complexity index is 284. The van der Waals surface area contributed by atoms with E-state index in [1.165, 1.54) is 6.20 Å². The van der Waals surface area contributed by atoms with Crippen molar-refractivity contribution in [2.24, 2.45) is 0 Å². The summed E-state index contributed by atoms with van der Waals surface area (Å²) in [6.45, 7) is -0.500. The standard InChI is InChI=1S/C5H3Cl3N2.CH2O2.Na/c6-2-1-10-5(8)3(7)4(2)9;2-1-3;/h1H,(H2,9,10);1H,(H,2,3);/q;;+1/p-1. The van der Waals surface area contributed by atoms with E-state index in [-0.39, 0.29) is 45.4 Å². The molecule has 0 aliphatic carbocycles. The third kappa shape index (κ3) is 5.24. The van der Waals surface area contributed by atoms with Gasteiger partial charge in [0.25, 0.3) is 0 Å². The Morgan fingerprint density at radius 3 is 2.21 bits per heavy atom. The Morgan fingerprint density at radius 2 is 1.86 bits per heavy atom. The molecule has 1 aromatic rings. The molecule has 1 aromatic heterocycles. The van der Waals surface area contributed by atoms with E-state index in [0.29, 0.717) is 5.02 Å². The SMILES string of the molecule is Nc1c(Cl)cnc(Cl)c1Cl.O=C[O-].[Na+]. The minimum absolute atomic E-state index is 0. The van der Waals surface area contributed by atoms with Gasteiger partial charge in [0.1, 0.15) is 10.2 Å². The van der Waals surface area contributed by atoms with Crippen molar-refractivity contribution in [1.82, 2.24) is 4.98 Å². The first-order valence-corrected chi connectivity index (χ1v) is 3.98. The zero-order valence-corrected chi connectivity index (χ0v) is 11.4. The van der Waals surface area contributed by atoms with Gasteiger partial charge in [0.05, 0.1) is 10.7 Å². The first-order valence-electron chi connectivity index (χ1n) is 2.85. The molecule has 0 aromatic carbocycles. The van der Waals surface area contributed by atoms with Crippen LogP contribution in [0.15, 0.2) is 6.20 Å². The first-order chi connectivity index (χ1) is 6.04. The van der Waals surface area contributed by atoms with Crippen LogP contribution < -0.4 is 40.4 Å². The van der Waals surface area contributed by atoms with Crippen molar-refractivity contribution in [3.63, 3.8) is 0 Å². The molecule has 0 spiro atoms. The molecule has 1 rings (SSSR count). The minimum Gasteiger partial charge on any atom is -0.554 e. The number of rotatable bonds is 0. The van der Waals surface area contributed by atoms with Gasteiger partial charge in [-0.1, -0.05) is 34.8 Å². The Labute approximate surface area is 118 Å². The van der Waals surface area contributed by atoms with Crippen molar-refractivity contribution in [2.75, 3.05) is 5.73 Å². The number of carbonyl (C=O) groups excluding carboxylic acids is 1. The summed E-state index contributed by atoms with van der Waals surface area (Å²) in [7, 11) is 0. The van der Waals surface area contributed by atoms with E-state index in [4.69, 9.17) is 50.4 Å². The summed E-state index contributed by atoms with van der Waals surface area (Å²) in [5.74, 6) is 0. The van der Waals surface area contributed by atoms with Crippen molar-refractivity contribution in [3.8, 4) is 0 Å². The molecule has 0 unspecified atom stereocenters. The summed E-state index contributed by atoms with van der Waals surface area (Å²) < 4.78 is 0. The van der Waals surface area contributed by atoms with Crippen LogP contribution in [-0.4, -0.2) is 11.5 Å². The van der Waals surface area contributed by atoms with Gasteiger partial charge in [0.2, 0.25) is 0 Å². The number of carbonyl (C=O) groups is 1. The molecule has 4 nitrogen and oxygen atoms in total. The van der Waals surface area contributed by atoms with E-state index in [1.54, 1.807) is 0 Å². The van der Waals surface area contributed by atoms with Crippen LogP contribution in [0, 0.1) is 0 Å². The molecule has 1 heterocycles. The van der Waals surface area contributed by atoms with Crippen LogP contribution >= 0.6 is 34.8 Å². The van der Waals surface area contributed by atoms with Gasteiger partial charge in [-0.05, 0) is 0 Å². The number of carboxylic acid groups (broad SMARTS) is 1. The topological polar surface area (TPSA) is 79.0 Å². The molecule has 0 saturated heterocycles. The number of nitrogens with two attached hydrogens (primary N) is 1. The number of pyridine rings is 1. The molecule has 0 atom stereocenters. The summed E-state index contributed by atoms with van der Waals surface area (Å²) in [6.07, 6.45) is 1.35. The van der Waals surface area contributed by atoms with Gasteiger partial charge in [0, 0.05) is 12.7 Å². The fourth-order valence-corrected chi connectivity index (χ4v) is 0.948. The van der Waals surface area contributed by atoms with E-state index < -0.39 is 6.47 Å². The fraction of sp³-hybridized carbons (Fsp3) is 0. The van der Waals surface area contributed by atoms with Crippen molar-refractivity contribution < 1.29 is 39.5 Å². The largest absolute Gasteiger partial charge is 1.00 e. The average Bonchev–Trinajstić information content (AvgIpc) is 2.10. The third-order valence-electron chi connectivity index (χ3n) is 0.966. The smallest absolute Gasteiger partial charge is 0.554 e. The molecule has 2 N–H and O–H groups in total. The summed E-state index contributed by atoms with van der Waals surface area (Å²) in [5.41, 5.74) is 5.66. The van der Waals surface area contributed by atoms with Crippen LogP contribution in [0.5, 0.6) is 0 Å². The molecule has 0 aliphatic heterocycles. The molecule has 0 bridgehead atoms. The van der Waals surface area contributed by atoms with Gasteiger partial charge in [-0.15, -0.1) is 0 Å². The maximum absolute atomic E-state index is 8.25.